The minimum absolute atomic E-state index is 0.209. The number of hydrogen-bond acceptors (Lipinski definition) is 5. The highest BCUT2D eigenvalue weighted by atomic mass is 19.1. The van der Waals surface area contributed by atoms with E-state index in [1.54, 1.807) is 12.1 Å². The Morgan fingerprint density at radius 2 is 1.80 bits per heavy atom. The summed E-state index contributed by atoms with van der Waals surface area (Å²) in [6.07, 6.45) is 2.42. The molecule has 2 unspecified atom stereocenters. The van der Waals surface area contributed by atoms with E-state index in [-0.39, 0.29) is 24.3 Å². The minimum Gasteiger partial charge on any atom is -0.381 e. The summed E-state index contributed by atoms with van der Waals surface area (Å²) in [5.41, 5.74) is 0.797. The molecule has 9 nitrogen and oxygen atoms in total. The maximum atomic E-state index is 14.1. The molecule has 0 aromatic heterocycles. The number of benzene rings is 2. The third-order valence-electron chi connectivity index (χ3n) is 9.09. The number of likely N-dealkylation sites (tertiary alicyclic amines) is 1. The lowest BCUT2D eigenvalue weighted by atomic mass is 9.70. The van der Waals surface area contributed by atoms with Crippen molar-refractivity contribution in [2.45, 2.75) is 56.5 Å². The molecule has 1 aliphatic carbocycles. The van der Waals surface area contributed by atoms with E-state index in [1.165, 1.54) is 17.0 Å². The quantitative estimate of drug-likeness (QED) is 0.504. The fraction of sp³-hybridized carbons (Fsp3) is 0.448. The van der Waals surface area contributed by atoms with Crippen LogP contribution in [0.1, 0.15) is 61.3 Å². The number of carbonyl (C=O) groups is 4. The lowest BCUT2D eigenvalue weighted by Crippen LogP contribution is -2.54. The Hall–Kier alpha value is -3.86. The number of amides is 5. The SMILES string of the molecule is CC1c2cc(NC(=O)CN3C(=O)C4(CCOCC4)CC[C@H]3c3cc(F)cc(F)c3)ccc2CC12NC(=O)NC2=O. The Kier molecular flexibility index (Phi) is 6.36. The molecular formula is C29H30F2N4O5. The summed E-state index contributed by atoms with van der Waals surface area (Å²) in [5, 5.41) is 7.92. The van der Waals surface area contributed by atoms with Gasteiger partial charge in [0.05, 0.1) is 11.5 Å². The lowest BCUT2D eigenvalue weighted by Gasteiger charge is -2.47. The van der Waals surface area contributed by atoms with Crippen LogP contribution in [0.2, 0.25) is 0 Å². The van der Waals surface area contributed by atoms with Crippen molar-refractivity contribution >= 4 is 29.4 Å². The zero-order chi connectivity index (χ0) is 28.2. The highest BCUT2D eigenvalue weighted by Crippen LogP contribution is 2.47. The summed E-state index contributed by atoms with van der Waals surface area (Å²) < 4.78 is 33.7. The molecule has 210 valence electrons. The van der Waals surface area contributed by atoms with Crippen molar-refractivity contribution in [2.24, 2.45) is 5.41 Å². The fourth-order valence-corrected chi connectivity index (χ4v) is 6.89. The smallest absolute Gasteiger partial charge is 0.322 e. The summed E-state index contributed by atoms with van der Waals surface area (Å²) in [7, 11) is 0. The number of anilines is 1. The van der Waals surface area contributed by atoms with Crippen LogP contribution in [0.5, 0.6) is 0 Å². The Morgan fingerprint density at radius 3 is 2.48 bits per heavy atom. The zero-order valence-corrected chi connectivity index (χ0v) is 22.0. The number of nitrogens with one attached hydrogen (secondary N) is 3. The van der Waals surface area contributed by atoms with Gasteiger partial charge in [-0.1, -0.05) is 13.0 Å². The van der Waals surface area contributed by atoms with Gasteiger partial charge < -0.3 is 20.3 Å². The number of fused-ring (bicyclic) bond motifs is 1. The molecule has 11 heteroatoms. The molecule has 3 saturated heterocycles. The van der Waals surface area contributed by atoms with Crippen LogP contribution in [-0.4, -0.2) is 54.0 Å². The van der Waals surface area contributed by atoms with Gasteiger partial charge in [0, 0.05) is 37.3 Å². The molecule has 2 aromatic rings. The van der Waals surface area contributed by atoms with Crippen molar-refractivity contribution in [3.8, 4) is 0 Å². The van der Waals surface area contributed by atoms with Crippen LogP contribution in [0.25, 0.3) is 0 Å². The van der Waals surface area contributed by atoms with Crippen LogP contribution < -0.4 is 16.0 Å². The number of ether oxygens (including phenoxy) is 1. The van der Waals surface area contributed by atoms with Gasteiger partial charge in [0.1, 0.15) is 23.7 Å². The van der Waals surface area contributed by atoms with Crippen molar-refractivity contribution < 1.29 is 32.7 Å². The Labute approximate surface area is 229 Å². The monoisotopic (exact) mass is 552 g/mol. The van der Waals surface area contributed by atoms with Crippen molar-refractivity contribution in [1.29, 1.82) is 0 Å². The number of halogens is 2. The first-order chi connectivity index (χ1) is 19.1. The summed E-state index contributed by atoms with van der Waals surface area (Å²) in [4.78, 5) is 53.1. The first-order valence-electron chi connectivity index (χ1n) is 13.5. The number of carbonyl (C=O) groups excluding carboxylic acids is 4. The van der Waals surface area contributed by atoms with Crippen molar-refractivity contribution in [1.82, 2.24) is 15.5 Å². The highest BCUT2D eigenvalue weighted by molar-refractivity contribution is 6.08. The predicted octanol–water partition coefficient (Wildman–Crippen LogP) is 3.30. The molecule has 4 aliphatic rings. The Balaban J connectivity index is 1.24. The third kappa shape index (κ3) is 4.32. The van der Waals surface area contributed by atoms with Crippen LogP contribution in [0, 0.1) is 17.0 Å². The molecule has 0 radical (unpaired) electrons. The van der Waals surface area contributed by atoms with E-state index < -0.39 is 40.6 Å². The second-order valence-electron chi connectivity index (χ2n) is 11.3. The van der Waals surface area contributed by atoms with E-state index in [0.29, 0.717) is 56.6 Å². The van der Waals surface area contributed by atoms with E-state index in [1.807, 2.05) is 13.0 Å². The van der Waals surface area contributed by atoms with Crippen LogP contribution >= 0.6 is 0 Å². The number of hydrogen-bond donors (Lipinski definition) is 3. The summed E-state index contributed by atoms with van der Waals surface area (Å²) >= 11 is 0. The van der Waals surface area contributed by atoms with Gasteiger partial charge in [0.15, 0.2) is 0 Å². The average Bonchev–Trinajstić information content (AvgIpc) is 3.35. The van der Waals surface area contributed by atoms with Crippen LogP contribution in [0.4, 0.5) is 19.3 Å². The molecule has 2 aromatic carbocycles. The van der Waals surface area contributed by atoms with Gasteiger partial charge in [-0.05, 0) is 66.6 Å². The fourth-order valence-electron chi connectivity index (χ4n) is 6.89. The van der Waals surface area contributed by atoms with E-state index in [4.69, 9.17) is 4.74 Å². The van der Waals surface area contributed by atoms with Crippen molar-refractivity contribution in [3.63, 3.8) is 0 Å². The second kappa shape index (κ2) is 9.65. The zero-order valence-electron chi connectivity index (χ0n) is 22.0. The lowest BCUT2D eigenvalue weighted by molar-refractivity contribution is -0.159. The maximum absolute atomic E-state index is 14.1. The first kappa shape index (κ1) is 26.4. The molecular weight excluding hydrogens is 522 g/mol. The summed E-state index contributed by atoms with van der Waals surface area (Å²) in [6, 6.07) is 7.34. The molecule has 3 N–H and O–H groups in total. The highest BCUT2D eigenvalue weighted by Gasteiger charge is 2.55. The average molecular weight is 553 g/mol. The Bertz CT molecular complexity index is 1400. The third-order valence-corrected chi connectivity index (χ3v) is 9.09. The topological polar surface area (TPSA) is 117 Å². The predicted molar refractivity (Wildman–Crippen MR) is 139 cm³/mol. The van der Waals surface area contributed by atoms with Gasteiger partial charge in [-0.15, -0.1) is 0 Å². The number of piperidine rings is 1. The second-order valence-corrected chi connectivity index (χ2v) is 11.3. The van der Waals surface area contributed by atoms with Gasteiger partial charge in [0.2, 0.25) is 11.8 Å². The molecule has 5 amide bonds. The largest absolute Gasteiger partial charge is 0.381 e. The van der Waals surface area contributed by atoms with E-state index in [2.05, 4.69) is 16.0 Å². The van der Waals surface area contributed by atoms with Gasteiger partial charge >= 0.3 is 6.03 Å². The Morgan fingerprint density at radius 1 is 1.07 bits per heavy atom. The summed E-state index contributed by atoms with van der Waals surface area (Å²) in [6.45, 7) is 2.45. The van der Waals surface area contributed by atoms with Gasteiger partial charge in [-0.2, -0.15) is 0 Å². The van der Waals surface area contributed by atoms with Crippen LogP contribution in [0.15, 0.2) is 36.4 Å². The van der Waals surface area contributed by atoms with Crippen LogP contribution in [0.3, 0.4) is 0 Å². The summed E-state index contributed by atoms with van der Waals surface area (Å²) in [5.74, 6) is -2.84. The van der Waals surface area contributed by atoms with E-state index >= 15 is 0 Å². The molecule has 3 fully saturated rings. The maximum Gasteiger partial charge on any atom is 0.322 e. The number of imide groups is 1. The molecule has 3 heterocycles. The van der Waals surface area contributed by atoms with Crippen LogP contribution in [-0.2, 0) is 25.5 Å². The molecule has 40 heavy (non-hydrogen) atoms. The normalized spacial score (nSPS) is 27.1. The van der Waals surface area contributed by atoms with Gasteiger partial charge in [0.25, 0.3) is 5.91 Å². The molecule has 0 saturated carbocycles. The number of urea groups is 1. The molecule has 3 aliphatic heterocycles. The number of rotatable bonds is 4. The number of nitrogens with zero attached hydrogens (tertiary/aromatic N) is 1. The van der Waals surface area contributed by atoms with Crippen molar-refractivity contribution in [3.05, 3.63) is 64.7 Å². The minimum atomic E-state index is -1.06. The molecule has 6 rings (SSSR count). The molecule has 2 spiro atoms. The molecule has 0 bridgehead atoms. The van der Waals surface area contributed by atoms with Gasteiger partial charge in [-0.3, -0.25) is 19.7 Å². The first-order valence-corrected chi connectivity index (χ1v) is 13.5. The van der Waals surface area contributed by atoms with E-state index in [0.717, 1.165) is 17.2 Å². The van der Waals surface area contributed by atoms with Crippen molar-refractivity contribution in [2.75, 3.05) is 25.1 Å². The van der Waals surface area contributed by atoms with E-state index in [9.17, 15) is 28.0 Å². The standard InChI is InChI=1S/C29H30F2N4O5/c1-16-22-13-21(3-2-17(22)14-29(16)25(37)33-27(39)34-29)32-24(36)15-35-23(18-10-19(30)12-20(31)11-18)4-5-28(26(35)38)6-8-40-9-7-28/h2-3,10-13,16,23H,4-9,14-15H2,1H3,(H,32,36)(H2,33,34,37,39)/t16?,23-,29?/m0/s1. The van der Waals surface area contributed by atoms with Gasteiger partial charge in [-0.25, -0.2) is 13.6 Å². The molecule has 3 atom stereocenters.